The lowest BCUT2D eigenvalue weighted by atomic mass is 10.1. The molecule has 2 aromatic carbocycles. The van der Waals surface area contributed by atoms with Crippen LogP contribution in [0.2, 0.25) is 0 Å². The maximum atomic E-state index is 12.8. The normalized spacial score (nSPS) is 11.5. The van der Waals surface area contributed by atoms with Crippen LogP contribution in [0.25, 0.3) is 0 Å². The molecule has 2 amide bonds. The lowest BCUT2D eigenvalue weighted by Gasteiger charge is -2.28. The molecule has 138 valence electrons. The summed E-state index contributed by atoms with van der Waals surface area (Å²) in [4.78, 5) is 26.7. The van der Waals surface area contributed by atoms with Crippen molar-refractivity contribution >= 4 is 11.8 Å². The third kappa shape index (κ3) is 5.92. The van der Waals surface area contributed by atoms with Gasteiger partial charge in [0.2, 0.25) is 5.91 Å². The van der Waals surface area contributed by atoms with E-state index in [1.54, 1.807) is 24.0 Å². The monoisotopic (exact) mass is 354 g/mol. The van der Waals surface area contributed by atoms with Crippen LogP contribution in [0.5, 0.6) is 5.75 Å². The number of carbonyl (C=O) groups excluding carboxylic acids is 2. The molecule has 0 aliphatic rings. The van der Waals surface area contributed by atoms with Crippen LogP contribution in [-0.4, -0.2) is 35.9 Å². The summed E-state index contributed by atoms with van der Waals surface area (Å²) in [5.41, 5.74) is 0.968. The molecule has 26 heavy (non-hydrogen) atoms. The average Bonchev–Trinajstić information content (AvgIpc) is 2.69. The van der Waals surface area contributed by atoms with Gasteiger partial charge in [0.1, 0.15) is 11.8 Å². The van der Waals surface area contributed by atoms with Gasteiger partial charge in [0.25, 0.3) is 5.91 Å². The molecule has 0 bridgehead atoms. The van der Waals surface area contributed by atoms with Gasteiger partial charge in [-0.05, 0) is 31.0 Å². The molecule has 5 heteroatoms. The summed E-state index contributed by atoms with van der Waals surface area (Å²) >= 11 is 0. The van der Waals surface area contributed by atoms with Gasteiger partial charge in [-0.15, -0.1) is 0 Å². The number of benzene rings is 2. The first-order chi connectivity index (χ1) is 12.6. The average molecular weight is 354 g/mol. The highest BCUT2D eigenvalue weighted by molar-refractivity contribution is 5.87. The number of carbonyl (C=O) groups is 2. The maximum Gasteiger partial charge on any atom is 0.261 e. The first-order valence-electron chi connectivity index (χ1n) is 8.90. The first-order valence-corrected chi connectivity index (χ1v) is 8.90. The predicted octanol–water partition coefficient (Wildman–Crippen LogP) is 3.01. The third-order valence-electron chi connectivity index (χ3n) is 4.02. The van der Waals surface area contributed by atoms with Gasteiger partial charge < -0.3 is 15.0 Å². The highest BCUT2D eigenvalue weighted by Crippen LogP contribution is 2.12. The Labute approximate surface area is 155 Å². The minimum Gasteiger partial charge on any atom is -0.484 e. The van der Waals surface area contributed by atoms with Crippen molar-refractivity contribution in [3.63, 3.8) is 0 Å². The van der Waals surface area contributed by atoms with E-state index < -0.39 is 6.04 Å². The molecular weight excluding hydrogens is 328 g/mol. The van der Waals surface area contributed by atoms with Crippen LogP contribution in [0.15, 0.2) is 60.7 Å². The van der Waals surface area contributed by atoms with Crippen LogP contribution in [0.3, 0.4) is 0 Å². The summed E-state index contributed by atoms with van der Waals surface area (Å²) in [6.45, 7) is 4.58. The van der Waals surface area contributed by atoms with Gasteiger partial charge in [0, 0.05) is 13.1 Å². The predicted molar refractivity (Wildman–Crippen MR) is 102 cm³/mol. The molecule has 0 aromatic heterocycles. The van der Waals surface area contributed by atoms with Crippen molar-refractivity contribution in [3.05, 3.63) is 66.2 Å². The number of para-hydroxylation sites is 1. The Morgan fingerprint density at radius 1 is 1.04 bits per heavy atom. The van der Waals surface area contributed by atoms with Crippen molar-refractivity contribution in [1.29, 1.82) is 0 Å². The number of amides is 2. The van der Waals surface area contributed by atoms with E-state index in [2.05, 4.69) is 5.32 Å². The van der Waals surface area contributed by atoms with Crippen molar-refractivity contribution in [2.75, 3.05) is 13.2 Å². The molecule has 0 unspecified atom stereocenters. The minimum atomic E-state index is -0.575. The molecule has 2 rings (SSSR count). The molecule has 0 heterocycles. The van der Waals surface area contributed by atoms with E-state index in [0.29, 0.717) is 18.8 Å². The Morgan fingerprint density at radius 2 is 1.65 bits per heavy atom. The number of ether oxygens (including phenoxy) is 1. The van der Waals surface area contributed by atoms with Crippen molar-refractivity contribution in [3.8, 4) is 5.75 Å². The van der Waals surface area contributed by atoms with Crippen molar-refractivity contribution in [1.82, 2.24) is 10.2 Å². The van der Waals surface area contributed by atoms with Crippen LogP contribution >= 0.6 is 0 Å². The van der Waals surface area contributed by atoms with Crippen molar-refractivity contribution in [2.24, 2.45) is 0 Å². The summed E-state index contributed by atoms with van der Waals surface area (Å²) in [7, 11) is 0. The SMILES string of the molecule is CCCNC(=O)[C@H](C)N(Cc1ccccc1)C(=O)COc1ccccc1. The van der Waals surface area contributed by atoms with Crippen LogP contribution < -0.4 is 10.1 Å². The summed E-state index contributed by atoms with van der Waals surface area (Å²) in [5.74, 6) is 0.247. The smallest absolute Gasteiger partial charge is 0.261 e. The Bertz CT molecular complexity index is 689. The second kappa shape index (κ2) is 10.2. The largest absolute Gasteiger partial charge is 0.484 e. The number of rotatable bonds is 9. The number of nitrogens with one attached hydrogen (secondary N) is 1. The molecule has 2 aromatic rings. The van der Waals surface area contributed by atoms with E-state index in [4.69, 9.17) is 4.74 Å². The van der Waals surface area contributed by atoms with E-state index in [0.717, 1.165) is 12.0 Å². The molecule has 0 saturated heterocycles. The molecule has 1 N–H and O–H groups in total. The maximum absolute atomic E-state index is 12.8. The van der Waals surface area contributed by atoms with E-state index in [-0.39, 0.29) is 18.4 Å². The highest BCUT2D eigenvalue weighted by Gasteiger charge is 2.26. The van der Waals surface area contributed by atoms with Gasteiger partial charge in [-0.3, -0.25) is 9.59 Å². The molecular formula is C21H26N2O3. The summed E-state index contributed by atoms with van der Waals surface area (Å²) in [6, 6.07) is 18.2. The van der Waals surface area contributed by atoms with E-state index >= 15 is 0 Å². The molecule has 0 spiro atoms. The summed E-state index contributed by atoms with van der Waals surface area (Å²) in [5, 5.41) is 2.85. The van der Waals surface area contributed by atoms with Crippen LogP contribution in [0, 0.1) is 0 Å². The zero-order chi connectivity index (χ0) is 18.8. The molecule has 0 aliphatic heterocycles. The van der Waals surface area contributed by atoms with E-state index in [9.17, 15) is 9.59 Å². The fourth-order valence-electron chi connectivity index (χ4n) is 2.50. The lowest BCUT2D eigenvalue weighted by molar-refractivity contribution is -0.142. The van der Waals surface area contributed by atoms with Gasteiger partial charge in [-0.2, -0.15) is 0 Å². The molecule has 1 atom stereocenters. The van der Waals surface area contributed by atoms with E-state index in [1.165, 1.54) is 0 Å². The van der Waals surface area contributed by atoms with Gasteiger partial charge in [-0.25, -0.2) is 0 Å². The topological polar surface area (TPSA) is 58.6 Å². The van der Waals surface area contributed by atoms with E-state index in [1.807, 2.05) is 55.5 Å². The van der Waals surface area contributed by atoms with Crippen LogP contribution in [0.4, 0.5) is 0 Å². The fraction of sp³-hybridized carbons (Fsp3) is 0.333. The second-order valence-electron chi connectivity index (χ2n) is 6.08. The summed E-state index contributed by atoms with van der Waals surface area (Å²) < 4.78 is 5.57. The summed E-state index contributed by atoms with van der Waals surface area (Å²) in [6.07, 6.45) is 0.849. The van der Waals surface area contributed by atoms with Crippen molar-refractivity contribution < 1.29 is 14.3 Å². The second-order valence-corrected chi connectivity index (χ2v) is 6.08. The third-order valence-corrected chi connectivity index (χ3v) is 4.02. The zero-order valence-electron chi connectivity index (χ0n) is 15.4. The van der Waals surface area contributed by atoms with Gasteiger partial charge in [0.05, 0.1) is 0 Å². The minimum absolute atomic E-state index is 0.109. The van der Waals surface area contributed by atoms with Gasteiger partial charge >= 0.3 is 0 Å². The van der Waals surface area contributed by atoms with Crippen LogP contribution in [0.1, 0.15) is 25.8 Å². The Morgan fingerprint density at radius 3 is 2.27 bits per heavy atom. The Kier molecular flexibility index (Phi) is 7.68. The lowest BCUT2D eigenvalue weighted by Crippen LogP contribution is -2.49. The fourth-order valence-corrected chi connectivity index (χ4v) is 2.50. The highest BCUT2D eigenvalue weighted by atomic mass is 16.5. The molecule has 0 aliphatic carbocycles. The Hall–Kier alpha value is -2.82. The zero-order valence-corrected chi connectivity index (χ0v) is 15.4. The number of hydrogen-bond acceptors (Lipinski definition) is 3. The molecule has 5 nitrogen and oxygen atoms in total. The Balaban J connectivity index is 2.07. The molecule has 0 fully saturated rings. The van der Waals surface area contributed by atoms with Crippen LogP contribution in [-0.2, 0) is 16.1 Å². The quantitative estimate of drug-likeness (QED) is 0.753. The molecule has 0 saturated carbocycles. The number of nitrogens with zero attached hydrogens (tertiary/aromatic N) is 1. The molecule has 0 radical (unpaired) electrons. The van der Waals surface area contributed by atoms with Gasteiger partial charge in [0.15, 0.2) is 6.61 Å². The van der Waals surface area contributed by atoms with Gasteiger partial charge in [-0.1, -0.05) is 55.5 Å². The first kappa shape index (κ1) is 19.5. The van der Waals surface area contributed by atoms with Crippen molar-refractivity contribution in [2.45, 2.75) is 32.9 Å². The number of hydrogen-bond donors (Lipinski definition) is 1. The standard InChI is InChI=1S/C21H26N2O3/c1-3-14-22-21(25)17(2)23(15-18-10-6-4-7-11-18)20(24)16-26-19-12-8-5-9-13-19/h4-13,17H,3,14-16H2,1-2H3,(H,22,25)/t17-/m0/s1.